The molecule has 2 amide bonds. The Morgan fingerprint density at radius 2 is 1.87 bits per heavy atom. The molecule has 1 aliphatic heterocycles. The molecule has 0 bridgehead atoms. The van der Waals surface area contributed by atoms with Crippen LogP contribution in [-0.4, -0.2) is 51.2 Å². The van der Waals surface area contributed by atoms with Crippen LogP contribution in [0.2, 0.25) is 0 Å². The van der Waals surface area contributed by atoms with Gasteiger partial charge in [-0.1, -0.05) is 35.6 Å². The van der Waals surface area contributed by atoms with Crippen LogP contribution in [0.4, 0.5) is 0 Å². The predicted molar refractivity (Wildman–Crippen MR) is 79.5 cm³/mol. The molecule has 0 aliphatic carbocycles. The van der Waals surface area contributed by atoms with Gasteiger partial charge in [0.05, 0.1) is 13.0 Å². The predicted octanol–water partition coefficient (Wildman–Crippen LogP) is 0.954. The third-order valence-corrected chi connectivity index (χ3v) is 3.54. The molecule has 1 aromatic carbocycles. The molecule has 0 fully saturated rings. The van der Waals surface area contributed by atoms with Crippen LogP contribution in [0.15, 0.2) is 42.0 Å². The van der Waals surface area contributed by atoms with Crippen molar-refractivity contribution in [3.8, 4) is 0 Å². The minimum absolute atomic E-state index is 0.0206. The van der Waals surface area contributed by atoms with Gasteiger partial charge in [0.25, 0.3) is 11.8 Å². The van der Waals surface area contributed by atoms with E-state index in [-0.39, 0.29) is 17.9 Å². The summed E-state index contributed by atoms with van der Waals surface area (Å²) in [5, 5.41) is 16.7. The number of ketones is 1. The smallest absolute Gasteiger partial charge is 0.277 e. The number of benzene rings is 1. The van der Waals surface area contributed by atoms with Crippen molar-refractivity contribution in [2.24, 2.45) is 0 Å². The topological polar surface area (TPSA) is 98.1 Å². The largest absolute Gasteiger partial charge is 0.331 e. The van der Waals surface area contributed by atoms with Crippen LogP contribution in [-0.2, 0) is 20.8 Å². The van der Waals surface area contributed by atoms with Gasteiger partial charge in [0.2, 0.25) is 0 Å². The van der Waals surface area contributed by atoms with Crippen LogP contribution in [0, 0.1) is 0 Å². The molecule has 0 saturated heterocycles. The fourth-order valence-electron chi connectivity index (χ4n) is 2.42. The zero-order valence-electron chi connectivity index (χ0n) is 12.5. The van der Waals surface area contributed by atoms with Crippen molar-refractivity contribution in [1.82, 2.24) is 10.1 Å². The molecule has 0 unspecified atom stereocenters. The van der Waals surface area contributed by atoms with E-state index in [1.54, 1.807) is 0 Å². The zero-order chi connectivity index (χ0) is 16.8. The Labute approximate surface area is 133 Å². The van der Waals surface area contributed by atoms with Crippen LogP contribution >= 0.6 is 0 Å². The van der Waals surface area contributed by atoms with E-state index in [2.05, 4.69) is 0 Å². The van der Waals surface area contributed by atoms with E-state index >= 15 is 0 Å². The Morgan fingerprint density at radius 3 is 2.52 bits per heavy atom. The number of amides is 2. The minimum Gasteiger partial charge on any atom is -0.331 e. The molecule has 2 rings (SSSR count). The van der Waals surface area contributed by atoms with E-state index in [4.69, 9.17) is 10.4 Å². The van der Waals surface area contributed by atoms with Gasteiger partial charge < -0.3 is 4.90 Å². The van der Waals surface area contributed by atoms with Crippen LogP contribution in [0.25, 0.3) is 0 Å². The van der Waals surface area contributed by atoms with Gasteiger partial charge in [-0.3, -0.25) is 24.8 Å². The summed E-state index contributed by atoms with van der Waals surface area (Å²) >= 11 is 0. The first-order chi connectivity index (χ1) is 11.0. The molecule has 23 heavy (non-hydrogen) atoms. The maximum absolute atomic E-state index is 12.2. The molecule has 1 heterocycles. The van der Waals surface area contributed by atoms with Crippen molar-refractivity contribution >= 4 is 17.6 Å². The summed E-state index contributed by atoms with van der Waals surface area (Å²) in [5.41, 5.74) is 1.12. The normalized spacial score (nSPS) is 14.7. The number of nitrogens with zero attached hydrogens (tertiary/aromatic N) is 2. The first-order valence-corrected chi connectivity index (χ1v) is 7.24. The van der Waals surface area contributed by atoms with Crippen LogP contribution < -0.4 is 0 Å². The van der Waals surface area contributed by atoms with Crippen molar-refractivity contribution in [3.63, 3.8) is 0 Å². The molecule has 2 N–H and O–H groups in total. The molecule has 0 atom stereocenters. The average Bonchev–Trinajstić information content (AvgIpc) is 2.52. The number of hydroxylamine groups is 2. The van der Waals surface area contributed by atoms with E-state index < -0.39 is 23.5 Å². The van der Waals surface area contributed by atoms with Gasteiger partial charge in [0.15, 0.2) is 5.78 Å². The van der Waals surface area contributed by atoms with E-state index in [1.807, 2.05) is 30.3 Å². The first kappa shape index (κ1) is 16.9. The Kier molecular flexibility index (Phi) is 5.61. The summed E-state index contributed by atoms with van der Waals surface area (Å²) in [6, 6.07) is 9.78. The molecule has 0 saturated carbocycles. The minimum atomic E-state index is -1.07. The molecule has 0 spiro atoms. The number of aryl methyl sites for hydroxylation is 1. The average molecular weight is 318 g/mol. The summed E-state index contributed by atoms with van der Waals surface area (Å²) in [6.45, 7) is 0.375. The van der Waals surface area contributed by atoms with E-state index in [0.717, 1.165) is 18.1 Å². The van der Waals surface area contributed by atoms with Crippen molar-refractivity contribution in [2.45, 2.75) is 19.3 Å². The summed E-state index contributed by atoms with van der Waals surface area (Å²) in [7, 11) is 0. The van der Waals surface area contributed by atoms with Gasteiger partial charge in [-0.15, -0.1) is 0 Å². The third-order valence-electron chi connectivity index (χ3n) is 3.54. The first-order valence-electron chi connectivity index (χ1n) is 7.24. The second kappa shape index (κ2) is 7.66. The van der Waals surface area contributed by atoms with Crippen LogP contribution in [0.3, 0.4) is 0 Å². The van der Waals surface area contributed by atoms with Gasteiger partial charge in [0.1, 0.15) is 0 Å². The second-order valence-corrected chi connectivity index (χ2v) is 5.31. The van der Waals surface area contributed by atoms with Crippen molar-refractivity contribution < 1.29 is 24.8 Å². The summed E-state index contributed by atoms with van der Waals surface area (Å²) in [6.07, 6.45) is 2.04. The molecule has 1 aromatic rings. The molecule has 122 valence electrons. The van der Waals surface area contributed by atoms with Gasteiger partial charge in [-0.25, -0.2) is 0 Å². The number of carbonyl (C=O) groups excluding carboxylic acids is 3. The van der Waals surface area contributed by atoms with Gasteiger partial charge in [-0.2, -0.15) is 0 Å². The Hall–Kier alpha value is -2.51. The van der Waals surface area contributed by atoms with E-state index in [1.165, 1.54) is 4.90 Å². The fraction of sp³-hybridized carbons (Fsp3) is 0.312. The third kappa shape index (κ3) is 4.73. The van der Waals surface area contributed by atoms with Crippen molar-refractivity contribution in [3.05, 3.63) is 47.5 Å². The molecule has 0 aromatic heterocycles. The SMILES string of the molecule is O=C1C=C(CC(=O)N(O)O)C(=O)N(CCCc2ccccc2)C1. The lowest BCUT2D eigenvalue weighted by Gasteiger charge is -2.26. The van der Waals surface area contributed by atoms with Crippen LogP contribution in [0.1, 0.15) is 18.4 Å². The summed E-state index contributed by atoms with van der Waals surface area (Å²) < 4.78 is 0. The van der Waals surface area contributed by atoms with E-state index in [9.17, 15) is 14.4 Å². The number of hydrogen-bond acceptors (Lipinski definition) is 5. The standard InChI is InChI=1S/C16H18N2O5/c19-14-9-13(10-15(20)18(22)23)16(21)17(11-14)8-4-7-12-5-2-1-3-6-12/h1-3,5-6,9,22-23H,4,7-8,10-11H2. The van der Waals surface area contributed by atoms with Gasteiger partial charge in [0, 0.05) is 12.1 Å². The Balaban J connectivity index is 1.93. The molecule has 7 nitrogen and oxygen atoms in total. The number of hydrogen-bond donors (Lipinski definition) is 2. The highest BCUT2D eigenvalue weighted by molar-refractivity contribution is 6.09. The highest BCUT2D eigenvalue weighted by Gasteiger charge is 2.28. The lowest BCUT2D eigenvalue weighted by Crippen LogP contribution is -2.41. The Morgan fingerprint density at radius 1 is 1.17 bits per heavy atom. The zero-order valence-corrected chi connectivity index (χ0v) is 12.5. The molecule has 0 radical (unpaired) electrons. The lowest BCUT2D eigenvalue weighted by molar-refractivity contribution is -0.284. The quantitative estimate of drug-likeness (QED) is 0.601. The molecule has 1 aliphatic rings. The van der Waals surface area contributed by atoms with Gasteiger partial charge in [-0.05, 0) is 24.5 Å². The van der Waals surface area contributed by atoms with E-state index in [0.29, 0.717) is 13.0 Å². The maximum atomic E-state index is 12.2. The maximum Gasteiger partial charge on any atom is 0.277 e. The van der Waals surface area contributed by atoms with Gasteiger partial charge >= 0.3 is 0 Å². The lowest BCUT2D eigenvalue weighted by atomic mass is 10.0. The highest BCUT2D eigenvalue weighted by Crippen LogP contribution is 2.15. The summed E-state index contributed by atoms with van der Waals surface area (Å²) in [5.74, 6) is -1.77. The van der Waals surface area contributed by atoms with Crippen LogP contribution in [0.5, 0.6) is 0 Å². The summed E-state index contributed by atoms with van der Waals surface area (Å²) in [4.78, 5) is 36.6. The molecule has 7 heteroatoms. The molecular weight excluding hydrogens is 300 g/mol. The Bertz CT molecular complexity index is 625. The highest BCUT2D eigenvalue weighted by atomic mass is 16.8. The number of rotatable bonds is 6. The molecular formula is C16H18N2O5. The van der Waals surface area contributed by atoms with Crippen molar-refractivity contribution in [2.75, 3.05) is 13.1 Å². The monoisotopic (exact) mass is 318 g/mol. The van der Waals surface area contributed by atoms with Crippen molar-refractivity contribution in [1.29, 1.82) is 0 Å². The number of carbonyl (C=O) groups is 3. The second-order valence-electron chi connectivity index (χ2n) is 5.31. The fourth-order valence-corrected chi connectivity index (χ4v) is 2.42.